The van der Waals surface area contributed by atoms with Crippen molar-refractivity contribution in [1.82, 2.24) is 5.32 Å². The van der Waals surface area contributed by atoms with E-state index in [2.05, 4.69) is 5.32 Å². The molecule has 0 radical (unpaired) electrons. The van der Waals surface area contributed by atoms with Gasteiger partial charge in [0, 0.05) is 12.4 Å². The van der Waals surface area contributed by atoms with Crippen LogP contribution in [0.3, 0.4) is 0 Å². The summed E-state index contributed by atoms with van der Waals surface area (Å²) in [6, 6.07) is 26.9. The van der Waals surface area contributed by atoms with E-state index in [1.807, 2.05) is 54.6 Å². The number of hydrogen-bond acceptors (Lipinski definition) is 6. The van der Waals surface area contributed by atoms with Crippen LogP contribution in [0.5, 0.6) is 0 Å². The molecule has 0 aliphatic heterocycles. The van der Waals surface area contributed by atoms with E-state index in [0.29, 0.717) is 6.42 Å². The van der Waals surface area contributed by atoms with Crippen LogP contribution in [0.2, 0.25) is 0 Å². The molecule has 10 nitrogen and oxygen atoms in total. The van der Waals surface area contributed by atoms with Crippen LogP contribution in [0.4, 0.5) is 0 Å². The molecule has 0 unspecified atom stereocenters. The molecule has 5 N–H and O–H groups in total. The van der Waals surface area contributed by atoms with E-state index in [9.17, 15) is 29.1 Å². The van der Waals surface area contributed by atoms with Crippen LogP contribution < -0.4 is 45.7 Å². The molecule has 11 heteroatoms. The Balaban J connectivity index is 0.000000631. The van der Waals surface area contributed by atoms with E-state index < -0.39 is 35.8 Å². The minimum absolute atomic E-state index is 0. The van der Waals surface area contributed by atoms with Crippen LogP contribution in [-0.4, -0.2) is 46.0 Å². The Kier molecular flexibility index (Phi) is 20.5. The third-order valence-electron chi connectivity index (χ3n) is 5.41. The molecule has 0 saturated heterocycles. The summed E-state index contributed by atoms with van der Waals surface area (Å²) in [5.41, 5.74) is 7.76. The summed E-state index contributed by atoms with van der Waals surface area (Å²) in [4.78, 5) is 53.5. The van der Waals surface area contributed by atoms with Gasteiger partial charge in [-0.05, 0) is 42.4 Å². The summed E-state index contributed by atoms with van der Waals surface area (Å²) >= 11 is 0. The number of aryl methyl sites for hydroxylation is 1. The van der Waals surface area contributed by atoms with E-state index in [0.717, 1.165) is 17.5 Å². The van der Waals surface area contributed by atoms with Crippen LogP contribution in [0.1, 0.15) is 42.4 Å². The zero-order valence-electron chi connectivity index (χ0n) is 23.6. The van der Waals surface area contributed by atoms with Crippen molar-refractivity contribution in [3.8, 4) is 0 Å². The average molecular weight is 587 g/mol. The molecule has 218 valence electrons. The van der Waals surface area contributed by atoms with Crippen molar-refractivity contribution >= 4 is 29.7 Å². The van der Waals surface area contributed by atoms with Crippen molar-refractivity contribution in [3.05, 3.63) is 108 Å². The maximum atomic E-state index is 11.7. The average Bonchev–Trinajstić information content (AvgIpc) is 2.93. The van der Waals surface area contributed by atoms with E-state index in [4.69, 9.17) is 15.9 Å². The first-order valence-electron chi connectivity index (χ1n) is 12.9. The van der Waals surface area contributed by atoms with E-state index in [-0.39, 0.29) is 61.7 Å². The Morgan fingerprint density at radius 3 is 1.57 bits per heavy atom. The number of primary amides is 1. The number of amides is 2. The summed E-state index contributed by atoms with van der Waals surface area (Å²) in [7, 11) is 0. The fourth-order valence-electron chi connectivity index (χ4n) is 3.42. The summed E-state index contributed by atoms with van der Waals surface area (Å²) in [6.45, 7) is 0. The predicted molar refractivity (Wildman–Crippen MR) is 150 cm³/mol. The van der Waals surface area contributed by atoms with Gasteiger partial charge in [0.2, 0.25) is 11.8 Å². The second-order valence-corrected chi connectivity index (χ2v) is 8.89. The van der Waals surface area contributed by atoms with Gasteiger partial charge in [-0.1, -0.05) is 91.0 Å². The maximum Gasteiger partial charge on any atom is 1.00 e. The molecule has 3 rings (SSSR count). The topological polar surface area (TPSA) is 187 Å². The van der Waals surface area contributed by atoms with Crippen LogP contribution >= 0.6 is 0 Å². The molecule has 0 aliphatic carbocycles. The molecule has 3 aromatic rings. The molecule has 2 amide bonds. The first-order chi connectivity index (χ1) is 19.6. The van der Waals surface area contributed by atoms with Gasteiger partial charge in [0.25, 0.3) is 0 Å². The first-order valence-corrected chi connectivity index (χ1v) is 12.9. The van der Waals surface area contributed by atoms with Gasteiger partial charge < -0.3 is 31.2 Å². The zero-order valence-corrected chi connectivity index (χ0v) is 25.6. The zero-order chi connectivity index (χ0) is 30.5. The number of rotatable bonds is 13. The number of hydrogen-bond donors (Lipinski definition) is 4. The number of nitrogens with two attached hydrogens (primary N) is 1. The van der Waals surface area contributed by atoms with Crippen molar-refractivity contribution in [1.29, 1.82) is 0 Å². The number of benzene rings is 3. The third-order valence-corrected chi connectivity index (χ3v) is 5.41. The summed E-state index contributed by atoms with van der Waals surface area (Å²) in [5, 5.41) is 29.8. The smallest absolute Gasteiger partial charge is 0.550 e. The number of nitrogens with one attached hydrogen (secondary N) is 1. The van der Waals surface area contributed by atoms with Crippen LogP contribution in [0.15, 0.2) is 91.0 Å². The Hall–Kier alpha value is -3.99. The molecular formula is C31H35N2NaO8. The third kappa shape index (κ3) is 20.0. The Labute approximate surface area is 267 Å². The van der Waals surface area contributed by atoms with Gasteiger partial charge in [-0.25, -0.2) is 4.79 Å². The molecule has 0 spiro atoms. The molecule has 42 heavy (non-hydrogen) atoms. The molecule has 0 aromatic heterocycles. The molecule has 0 saturated carbocycles. The normalized spacial score (nSPS) is 10.2. The van der Waals surface area contributed by atoms with Gasteiger partial charge in [0.05, 0.1) is 12.8 Å². The molecule has 1 atom stereocenters. The van der Waals surface area contributed by atoms with Crippen molar-refractivity contribution in [3.63, 3.8) is 0 Å². The number of carboxylic acid groups (broad SMARTS) is 3. The second kappa shape index (κ2) is 22.7. The molecule has 0 fully saturated rings. The minimum Gasteiger partial charge on any atom is -0.550 e. The fourth-order valence-corrected chi connectivity index (χ4v) is 3.42. The Bertz CT molecular complexity index is 1230. The maximum absolute atomic E-state index is 11.7. The first kappa shape index (κ1) is 38.0. The van der Waals surface area contributed by atoms with Crippen molar-refractivity contribution in [2.75, 3.05) is 0 Å². The van der Waals surface area contributed by atoms with Crippen molar-refractivity contribution < 1.29 is 68.8 Å². The van der Waals surface area contributed by atoms with Crippen molar-refractivity contribution in [2.45, 2.75) is 51.0 Å². The summed E-state index contributed by atoms with van der Waals surface area (Å²) < 4.78 is 0. The molecule has 0 bridgehead atoms. The molecule has 3 aromatic carbocycles. The van der Waals surface area contributed by atoms with Gasteiger partial charge in [-0.2, -0.15) is 0 Å². The number of carbonyl (C=O) groups excluding carboxylic acids is 3. The van der Waals surface area contributed by atoms with Gasteiger partial charge in [0.15, 0.2) is 0 Å². The minimum atomic E-state index is -1.18. The number of carboxylic acids is 3. The van der Waals surface area contributed by atoms with Crippen molar-refractivity contribution in [2.24, 2.45) is 5.73 Å². The van der Waals surface area contributed by atoms with Crippen LogP contribution in [0, 0.1) is 0 Å². The monoisotopic (exact) mass is 586 g/mol. The van der Waals surface area contributed by atoms with E-state index in [1.54, 1.807) is 36.4 Å². The molecule has 0 heterocycles. The predicted octanol–water partition coefficient (Wildman–Crippen LogP) is -0.859. The van der Waals surface area contributed by atoms with Gasteiger partial charge in [0.1, 0.15) is 6.04 Å². The van der Waals surface area contributed by atoms with Gasteiger partial charge >= 0.3 is 41.5 Å². The summed E-state index contributed by atoms with van der Waals surface area (Å²) in [5.74, 6) is -3.92. The van der Waals surface area contributed by atoms with E-state index in [1.165, 1.54) is 5.56 Å². The second-order valence-electron chi connectivity index (χ2n) is 8.89. The Morgan fingerprint density at radius 2 is 1.17 bits per heavy atom. The van der Waals surface area contributed by atoms with Gasteiger partial charge in [-0.3, -0.25) is 14.4 Å². The molecular weight excluding hydrogens is 551 g/mol. The SMILES string of the molecule is NC(=O)CC[C@H](NC(=O)Cc1ccccc1)C(=O)O.O=C(O)Cc1ccccc1.O=C([O-])CCCc1ccccc1.[Na+]. The van der Waals surface area contributed by atoms with E-state index >= 15 is 0 Å². The molecule has 0 aliphatic rings. The Morgan fingerprint density at radius 1 is 0.714 bits per heavy atom. The largest absolute Gasteiger partial charge is 1.00 e. The van der Waals surface area contributed by atoms with Crippen LogP contribution in [-0.2, 0) is 43.2 Å². The summed E-state index contributed by atoms with van der Waals surface area (Å²) in [6.07, 6.45) is 1.74. The number of carbonyl (C=O) groups is 5. The van der Waals surface area contributed by atoms with Gasteiger partial charge in [-0.15, -0.1) is 0 Å². The fraction of sp³-hybridized carbons (Fsp3) is 0.258. The standard InChI is InChI=1S/C13H16N2O4.C10H12O2.C8H8O2.Na/c14-11(16)7-6-10(13(18)19)15-12(17)8-9-4-2-1-3-5-9;11-10(12)8-4-7-9-5-2-1-3-6-9;9-8(10)6-7-4-2-1-3-5-7;/h1-5,10H,6-8H2,(H2,14,16)(H,15,17)(H,18,19);1-3,5-6H,4,7-8H2,(H,11,12);1-5H,6H2,(H,9,10);/q;;;+1/p-1/t10-;;;/m0.../s1. The van der Waals surface area contributed by atoms with Crippen LogP contribution in [0.25, 0.3) is 0 Å². The number of aliphatic carboxylic acids is 3. The quantitative estimate of drug-likeness (QED) is 0.186.